The number of sulfonamides is 1. The summed E-state index contributed by atoms with van der Waals surface area (Å²) in [6.45, 7) is 0. The number of hydrogen-bond acceptors (Lipinski definition) is 4. The molecule has 1 aromatic rings. The van der Waals surface area contributed by atoms with Crippen molar-refractivity contribution >= 4 is 41.9 Å². The van der Waals surface area contributed by atoms with E-state index in [1.165, 1.54) is 4.68 Å². The van der Waals surface area contributed by atoms with E-state index in [0.717, 1.165) is 19.3 Å². The number of aryl methyl sites for hydroxylation is 1. The number of nitrogens with one attached hydrogen (secondary N) is 1. The molecule has 0 bridgehead atoms. The molecule has 1 heterocycles. The molecule has 0 aliphatic heterocycles. The summed E-state index contributed by atoms with van der Waals surface area (Å²) < 4.78 is 28.7. The molecule has 1 aromatic heterocycles. The fourth-order valence-corrected chi connectivity index (χ4v) is 5.25. The van der Waals surface area contributed by atoms with E-state index in [4.69, 9.17) is 0 Å². The van der Waals surface area contributed by atoms with E-state index < -0.39 is 10.0 Å². The Hall–Kier alpha value is 0.01000. The second-order valence-electron chi connectivity index (χ2n) is 4.18. The standard InChI is InChI=1S/C8H12Br2N4O2S/c1-14-7(6(10)11-13-14)17(15,16)12-8(5-9)3-2-4-8/h12H,2-5H2,1H3. The van der Waals surface area contributed by atoms with Gasteiger partial charge in [0.25, 0.3) is 10.0 Å². The summed E-state index contributed by atoms with van der Waals surface area (Å²) in [5.41, 5.74) is -0.359. The highest BCUT2D eigenvalue weighted by molar-refractivity contribution is 9.10. The van der Waals surface area contributed by atoms with Gasteiger partial charge in [0.1, 0.15) is 0 Å². The van der Waals surface area contributed by atoms with Gasteiger partial charge in [0.15, 0.2) is 4.60 Å². The van der Waals surface area contributed by atoms with Crippen LogP contribution in [-0.2, 0) is 17.1 Å². The highest BCUT2D eigenvalue weighted by atomic mass is 79.9. The highest BCUT2D eigenvalue weighted by Gasteiger charge is 2.41. The van der Waals surface area contributed by atoms with Crippen molar-refractivity contribution in [1.29, 1.82) is 0 Å². The van der Waals surface area contributed by atoms with Gasteiger partial charge in [0.05, 0.1) is 0 Å². The molecule has 1 aliphatic carbocycles. The molecule has 0 radical (unpaired) electrons. The second kappa shape index (κ2) is 4.60. The molecule has 96 valence electrons. The maximum Gasteiger partial charge on any atom is 0.261 e. The zero-order chi connectivity index (χ0) is 12.7. The lowest BCUT2D eigenvalue weighted by Crippen LogP contribution is -2.54. The minimum atomic E-state index is -3.60. The van der Waals surface area contributed by atoms with E-state index in [1.807, 2.05) is 0 Å². The van der Waals surface area contributed by atoms with Crippen LogP contribution in [0.5, 0.6) is 0 Å². The summed E-state index contributed by atoms with van der Waals surface area (Å²) in [6, 6.07) is 0. The van der Waals surface area contributed by atoms with Crippen LogP contribution < -0.4 is 4.72 Å². The molecule has 0 spiro atoms. The van der Waals surface area contributed by atoms with Gasteiger partial charge in [0, 0.05) is 17.9 Å². The fourth-order valence-electron chi connectivity index (χ4n) is 1.81. The van der Waals surface area contributed by atoms with Crippen LogP contribution in [0.3, 0.4) is 0 Å². The van der Waals surface area contributed by atoms with Gasteiger partial charge in [-0.05, 0) is 35.2 Å². The Kier molecular flexibility index (Phi) is 3.64. The third-order valence-electron chi connectivity index (χ3n) is 2.91. The molecule has 6 nitrogen and oxygen atoms in total. The van der Waals surface area contributed by atoms with Crippen LogP contribution >= 0.6 is 31.9 Å². The van der Waals surface area contributed by atoms with Gasteiger partial charge in [-0.2, -0.15) is 0 Å². The maximum atomic E-state index is 12.2. The van der Waals surface area contributed by atoms with E-state index >= 15 is 0 Å². The van der Waals surface area contributed by atoms with E-state index in [0.29, 0.717) is 5.33 Å². The molecule has 1 fully saturated rings. The Bertz CT molecular complexity index is 499. The lowest BCUT2D eigenvalue weighted by atomic mass is 9.80. The fraction of sp³-hybridized carbons (Fsp3) is 0.750. The van der Waals surface area contributed by atoms with Crippen molar-refractivity contribution in [2.45, 2.75) is 29.8 Å². The second-order valence-corrected chi connectivity index (χ2v) is 7.09. The molecule has 0 saturated heterocycles. The van der Waals surface area contributed by atoms with Crippen LogP contribution in [0, 0.1) is 0 Å². The molecule has 9 heteroatoms. The highest BCUT2D eigenvalue weighted by Crippen LogP contribution is 2.35. The Morgan fingerprint density at radius 3 is 2.53 bits per heavy atom. The smallest absolute Gasteiger partial charge is 0.235 e. The number of aromatic nitrogens is 3. The van der Waals surface area contributed by atoms with Crippen LogP contribution in [0.4, 0.5) is 0 Å². The zero-order valence-electron chi connectivity index (χ0n) is 9.15. The topological polar surface area (TPSA) is 76.9 Å². The van der Waals surface area contributed by atoms with Gasteiger partial charge in [0.2, 0.25) is 5.03 Å². The molecule has 0 aromatic carbocycles. The summed E-state index contributed by atoms with van der Waals surface area (Å²) in [6.07, 6.45) is 2.74. The lowest BCUT2D eigenvalue weighted by molar-refractivity contribution is 0.255. The molecular formula is C8H12Br2N4O2S. The van der Waals surface area contributed by atoms with Crippen molar-refractivity contribution < 1.29 is 8.42 Å². The molecule has 2 rings (SSSR count). The van der Waals surface area contributed by atoms with Gasteiger partial charge in [-0.3, -0.25) is 0 Å². The van der Waals surface area contributed by atoms with Crippen LogP contribution in [0.25, 0.3) is 0 Å². The molecule has 1 aliphatic rings. The van der Waals surface area contributed by atoms with E-state index in [2.05, 4.69) is 46.9 Å². The first-order chi connectivity index (χ1) is 7.90. The molecule has 1 N–H and O–H groups in total. The first-order valence-electron chi connectivity index (χ1n) is 5.05. The van der Waals surface area contributed by atoms with Crippen LogP contribution in [0.1, 0.15) is 19.3 Å². The van der Waals surface area contributed by atoms with Gasteiger partial charge >= 0.3 is 0 Å². The van der Waals surface area contributed by atoms with Crippen molar-refractivity contribution in [2.75, 3.05) is 5.33 Å². The van der Waals surface area contributed by atoms with Gasteiger partial charge < -0.3 is 0 Å². The number of rotatable bonds is 4. The molecule has 1 saturated carbocycles. The van der Waals surface area contributed by atoms with E-state index in [1.54, 1.807) is 7.05 Å². The summed E-state index contributed by atoms with van der Waals surface area (Å²) in [7, 11) is -2.05. The Morgan fingerprint density at radius 2 is 2.18 bits per heavy atom. The third-order valence-corrected chi connectivity index (χ3v) is 6.45. The largest absolute Gasteiger partial charge is 0.261 e. The Balaban J connectivity index is 2.31. The zero-order valence-corrected chi connectivity index (χ0v) is 13.1. The Labute approximate surface area is 116 Å². The number of nitrogens with zero attached hydrogens (tertiary/aromatic N) is 3. The van der Waals surface area contributed by atoms with Gasteiger partial charge in [-0.25, -0.2) is 17.8 Å². The molecule has 17 heavy (non-hydrogen) atoms. The summed E-state index contributed by atoms with van der Waals surface area (Å²) in [5.74, 6) is 0. The average molecular weight is 388 g/mol. The maximum absolute atomic E-state index is 12.2. The van der Waals surface area contributed by atoms with E-state index in [-0.39, 0.29) is 15.2 Å². The first-order valence-corrected chi connectivity index (χ1v) is 8.45. The third kappa shape index (κ3) is 2.42. The van der Waals surface area contributed by atoms with Crippen molar-refractivity contribution in [3.8, 4) is 0 Å². The van der Waals surface area contributed by atoms with E-state index in [9.17, 15) is 8.42 Å². The lowest BCUT2D eigenvalue weighted by Gasteiger charge is -2.40. The summed E-state index contributed by atoms with van der Waals surface area (Å²) in [4.78, 5) is 0. The monoisotopic (exact) mass is 386 g/mol. The van der Waals surface area contributed by atoms with Crippen molar-refractivity contribution in [3.05, 3.63) is 4.60 Å². The van der Waals surface area contributed by atoms with Crippen LogP contribution in [-0.4, -0.2) is 34.3 Å². The number of halogens is 2. The van der Waals surface area contributed by atoms with Crippen molar-refractivity contribution in [3.63, 3.8) is 0 Å². The minimum Gasteiger partial charge on any atom is -0.235 e. The summed E-state index contributed by atoms with van der Waals surface area (Å²) >= 11 is 6.46. The SMILES string of the molecule is Cn1nnc(Br)c1S(=O)(=O)NC1(CBr)CCC1. The molecule has 0 atom stereocenters. The molecular weight excluding hydrogens is 376 g/mol. The van der Waals surface area contributed by atoms with Crippen LogP contribution in [0.15, 0.2) is 9.63 Å². The minimum absolute atomic E-state index is 0.0599. The van der Waals surface area contributed by atoms with Crippen molar-refractivity contribution in [1.82, 2.24) is 19.7 Å². The van der Waals surface area contributed by atoms with Crippen LogP contribution in [0.2, 0.25) is 0 Å². The van der Waals surface area contributed by atoms with Gasteiger partial charge in [-0.15, -0.1) is 5.10 Å². The predicted molar refractivity (Wildman–Crippen MR) is 69.4 cm³/mol. The number of hydrogen-bond donors (Lipinski definition) is 1. The molecule has 0 unspecified atom stereocenters. The quantitative estimate of drug-likeness (QED) is 0.786. The first kappa shape index (κ1) is 13.4. The number of alkyl halides is 1. The van der Waals surface area contributed by atoms with Gasteiger partial charge in [-0.1, -0.05) is 21.1 Å². The Morgan fingerprint density at radius 1 is 1.53 bits per heavy atom. The van der Waals surface area contributed by atoms with Crippen molar-refractivity contribution in [2.24, 2.45) is 7.05 Å². The predicted octanol–water partition coefficient (Wildman–Crippen LogP) is 1.17. The summed E-state index contributed by atoms with van der Waals surface area (Å²) in [5, 5.41) is 8.03. The molecule has 0 amide bonds. The average Bonchev–Trinajstić information content (AvgIpc) is 2.53. The normalized spacial score (nSPS) is 19.0.